The largest absolute Gasteiger partial charge is 0.486 e. The average Bonchev–Trinajstić information content (AvgIpc) is 2.99. The van der Waals surface area contributed by atoms with Crippen LogP contribution in [-0.4, -0.2) is 42.5 Å². The number of imide groups is 1. The van der Waals surface area contributed by atoms with E-state index in [0.29, 0.717) is 36.0 Å². The highest BCUT2D eigenvalue weighted by molar-refractivity contribution is 6.34. The zero-order valence-corrected chi connectivity index (χ0v) is 18.6. The van der Waals surface area contributed by atoms with Gasteiger partial charge >= 0.3 is 6.03 Å². The number of rotatable bonds is 6. The lowest BCUT2D eigenvalue weighted by Gasteiger charge is -2.22. The Morgan fingerprint density at radius 1 is 1.16 bits per heavy atom. The summed E-state index contributed by atoms with van der Waals surface area (Å²) in [5.74, 6) is -0.0945. The summed E-state index contributed by atoms with van der Waals surface area (Å²) >= 11 is 6.23. The Morgan fingerprint density at radius 2 is 1.81 bits per heavy atom. The lowest BCUT2D eigenvalue weighted by molar-refractivity contribution is -0.133. The number of benzene rings is 2. The van der Waals surface area contributed by atoms with Gasteiger partial charge in [-0.15, -0.1) is 0 Å². The van der Waals surface area contributed by atoms with Gasteiger partial charge in [-0.1, -0.05) is 49.2 Å². The number of halogens is 1. The normalized spacial score (nSPS) is 19.7. The molecule has 0 aromatic heterocycles. The molecule has 2 aliphatic rings. The van der Waals surface area contributed by atoms with Crippen LogP contribution in [0, 0.1) is 0 Å². The van der Waals surface area contributed by atoms with E-state index in [2.05, 4.69) is 17.6 Å². The molecule has 9 heteroatoms. The van der Waals surface area contributed by atoms with Crippen molar-refractivity contribution < 1.29 is 23.9 Å². The predicted octanol–water partition coefficient (Wildman–Crippen LogP) is 3.47. The average molecular weight is 458 g/mol. The molecule has 0 radical (unpaired) electrons. The molecule has 8 nitrogen and oxygen atoms in total. The number of amides is 4. The van der Waals surface area contributed by atoms with Gasteiger partial charge in [0.15, 0.2) is 11.5 Å². The third kappa shape index (κ3) is 4.10. The lowest BCUT2D eigenvalue weighted by atomic mass is 9.91. The van der Waals surface area contributed by atoms with Crippen molar-refractivity contribution in [3.05, 3.63) is 52.5 Å². The highest BCUT2D eigenvalue weighted by atomic mass is 35.5. The first kappa shape index (κ1) is 22.0. The molecule has 0 spiro atoms. The van der Waals surface area contributed by atoms with Gasteiger partial charge in [0, 0.05) is 12.1 Å². The Balaban J connectivity index is 1.47. The van der Waals surface area contributed by atoms with Gasteiger partial charge in [0.2, 0.25) is 5.91 Å². The minimum atomic E-state index is -1.24. The molecule has 1 saturated heterocycles. The number of carbonyl (C=O) groups excluding carboxylic acids is 3. The van der Waals surface area contributed by atoms with Crippen LogP contribution in [0.4, 0.5) is 10.5 Å². The molecule has 4 rings (SSSR count). The summed E-state index contributed by atoms with van der Waals surface area (Å²) in [6.45, 7) is 4.09. The van der Waals surface area contributed by atoms with Gasteiger partial charge in [-0.3, -0.25) is 14.5 Å². The molecule has 0 bridgehead atoms. The Hall–Kier alpha value is -3.26. The summed E-state index contributed by atoms with van der Waals surface area (Å²) in [5, 5.41) is 5.61. The molecule has 2 aromatic carbocycles. The molecule has 2 aliphatic heterocycles. The summed E-state index contributed by atoms with van der Waals surface area (Å²) in [5.41, 5.74) is 0.886. The minimum absolute atomic E-state index is 0.261. The van der Waals surface area contributed by atoms with Gasteiger partial charge in [0.1, 0.15) is 25.3 Å². The lowest BCUT2D eigenvalue weighted by Crippen LogP contribution is -2.42. The van der Waals surface area contributed by atoms with Crippen LogP contribution < -0.4 is 20.1 Å². The molecule has 32 heavy (non-hydrogen) atoms. The monoisotopic (exact) mass is 457 g/mol. The molecule has 168 valence electrons. The number of nitrogens with zero attached hydrogens (tertiary/aromatic N) is 1. The molecule has 0 aliphatic carbocycles. The molecule has 1 fully saturated rings. The van der Waals surface area contributed by atoms with E-state index in [-0.39, 0.29) is 5.02 Å². The van der Waals surface area contributed by atoms with Gasteiger partial charge < -0.3 is 20.1 Å². The maximum Gasteiger partial charge on any atom is 0.325 e. The fourth-order valence-corrected chi connectivity index (χ4v) is 4.02. The van der Waals surface area contributed by atoms with Gasteiger partial charge in [0.25, 0.3) is 5.91 Å². The summed E-state index contributed by atoms with van der Waals surface area (Å²) in [6, 6.07) is 10.1. The Morgan fingerprint density at radius 3 is 2.47 bits per heavy atom. The van der Waals surface area contributed by atoms with Crippen molar-refractivity contribution in [2.75, 3.05) is 25.1 Å². The van der Waals surface area contributed by atoms with E-state index in [1.165, 1.54) is 0 Å². The smallest absolute Gasteiger partial charge is 0.325 e. The zero-order valence-electron chi connectivity index (χ0n) is 17.9. The van der Waals surface area contributed by atoms with Crippen molar-refractivity contribution >= 4 is 35.1 Å². The second-order valence-electron chi connectivity index (χ2n) is 7.92. The molecule has 2 heterocycles. The Labute approximate surface area is 190 Å². The van der Waals surface area contributed by atoms with Gasteiger partial charge in [0.05, 0.1) is 10.7 Å². The second kappa shape index (κ2) is 8.70. The van der Waals surface area contributed by atoms with Crippen LogP contribution in [0.5, 0.6) is 11.5 Å². The van der Waals surface area contributed by atoms with E-state index >= 15 is 0 Å². The first-order valence-electron chi connectivity index (χ1n) is 10.4. The number of ether oxygens (including phenoxy) is 2. The number of nitrogens with one attached hydrogen (secondary N) is 2. The van der Waals surface area contributed by atoms with E-state index in [9.17, 15) is 14.4 Å². The second-order valence-corrected chi connectivity index (χ2v) is 8.32. The number of urea groups is 1. The molecule has 2 N–H and O–H groups in total. The Bertz CT molecular complexity index is 1070. The predicted molar refractivity (Wildman–Crippen MR) is 119 cm³/mol. The highest BCUT2D eigenvalue weighted by Gasteiger charge is 2.49. The molecule has 1 atom stereocenters. The van der Waals surface area contributed by atoms with E-state index in [1.807, 2.05) is 24.3 Å². The van der Waals surface area contributed by atoms with Crippen molar-refractivity contribution in [1.29, 1.82) is 0 Å². The van der Waals surface area contributed by atoms with Crippen molar-refractivity contribution in [3.8, 4) is 11.5 Å². The quantitative estimate of drug-likeness (QED) is 0.647. The summed E-state index contributed by atoms with van der Waals surface area (Å²) < 4.78 is 11.0. The van der Waals surface area contributed by atoms with E-state index in [4.69, 9.17) is 21.1 Å². The number of aryl methyl sites for hydroxylation is 1. The van der Waals surface area contributed by atoms with Crippen molar-refractivity contribution in [2.24, 2.45) is 0 Å². The SMILES string of the molecule is CCCc1ccc([C@]2(C)NC(=O)N(CC(=O)Nc3cc4c(cc3Cl)OCCO4)C2=O)cc1. The first-order chi connectivity index (χ1) is 15.3. The molecular formula is C23H24ClN3O5. The zero-order chi connectivity index (χ0) is 22.9. The van der Waals surface area contributed by atoms with Crippen LogP contribution >= 0.6 is 11.6 Å². The molecule has 2 aromatic rings. The third-order valence-corrected chi connectivity index (χ3v) is 5.87. The maximum absolute atomic E-state index is 13.1. The summed E-state index contributed by atoms with van der Waals surface area (Å²) in [4.78, 5) is 39.2. The van der Waals surface area contributed by atoms with E-state index in [1.54, 1.807) is 19.1 Å². The number of carbonyl (C=O) groups is 3. The van der Waals surface area contributed by atoms with Gasteiger partial charge in [-0.2, -0.15) is 0 Å². The maximum atomic E-state index is 13.1. The van der Waals surface area contributed by atoms with Gasteiger partial charge in [-0.25, -0.2) is 4.79 Å². The van der Waals surface area contributed by atoms with Crippen molar-refractivity contribution in [3.63, 3.8) is 0 Å². The standard InChI is InChI=1S/C23H24ClN3O5/c1-3-4-14-5-7-15(8-6-14)23(2)21(29)27(22(30)26-23)13-20(28)25-17-12-19-18(11-16(17)24)31-9-10-32-19/h5-8,11-12H,3-4,9-10,13H2,1-2H3,(H,25,28)(H,26,30)/t23-/m0/s1. The summed E-state index contributed by atoms with van der Waals surface area (Å²) in [6.07, 6.45) is 1.95. The van der Waals surface area contributed by atoms with Crippen molar-refractivity contribution in [1.82, 2.24) is 10.2 Å². The topological polar surface area (TPSA) is 97.0 Å². The molecule has 4 amide bonds. The van der Waals surface area contributed by atoms with E-state index < -0.39 is 29.9 Å². The Kier molecular flexibility index (Phi) is 5.97. The van der Waals surface area contributed by atoms with Crippen LogP contribution in [0.3, 0.4) is 0 Å². The highest BCUT2D eigenvalue weighted by Crippen LogP contribution is 2.38. The van der Waals surface area contributed by atoms with E-state index in [0.717, 1.165) is 23.3 Å². The summed E-state index contributed by atoms with van der Waals surface area (Å²) in [7, 11) is 0. The number of hydrogen-bond acceptors (Lipinski definition) is 5. The molecule has 0 saturated carbocycles. The number of fused-ring (bicyclic) bond motifs is 1. The van der Waals surface area contributed by atoms with Crippen LogP contribution in [-0.2, 0) is 21.5 Å². The first-order valence-corrected chi connectivity index (χ1v) is 10.8. The third-order valence-electron chi connectivity index (χ3n) is 5.55. The van der Waals surface area contributed by atoms with Crippen LogP contribution in [0.15, 0.2) is 36.4 Å². The van der Waals surface area contributed by atoms with Crippen molar-refractivity contribution in [2.45, 2.75) is 32.2 Å². The van der Waals surface area contributed by atoms with Gasteiger partial charge in [-0.05, 0) is 24.5 Å². The fourth-order valence-electron chi connectivity index (χ4n) is 3.82. The molecular weight excluding hydrogens is 434 g/mol. The van der Waals surface area contributed by atoms with Crippen LogP contribution in [0.25, 0.3) is 0 Å². The molecule has 0 unspecified atom stereocenters. The minimum Gasteiger partial charge on any atom is -0.486 e. The van der Waals surface area contributed by atoms with Crippen LogP contribution in [0.2, 0.25) is 5.02 Å². The fraction of sp³-hybridized carbons (Fsp3) is 0.348. The van der Waals surface area contributed by atoms with Crippen LogP contribution in [0.1, 0.15) is 31.4 Å². The number of hydrogen-bond donors (Lipinski definition) is 2. The number of anilines is 1.